The lowest BCUT2D eigenvalue weighted by Crippen LogP contribution is -2.28. The number of thioether (sulfide) groups is 1. The van der Waals surface area contributed by atoms with Gasteiger partial charge < -0.3 is 19.4 Å². The summed E-state index contributed by atoms with van der Waals surface area (Å²) in [4.78, 5) is 25.7. The number of aromatic carboxylic acids is 1. The number of carboxylic acid groups (broad SMARTS) is 1. The number of hydrogen-bond acceptors (Lipinski definition) is 7. The van der Waals surface area contributed by atoms with Gasteiger partial charge in [-0.1, -0.05) is 49.1 Å². The van der Waals surface area contributed by atoms with Gasteiger partial charge in [0.15, 0.2) is 15.8 Å². The van der Waals surface area contributed by atoms with Gasteiger partial charge in [-0.3, -0.25) is 9.69 Å². The molecule has 3 rings (SSSR count). The van der Waals surface area contributed by atoms with Gasteiger partial charge in [-0.05, 0) is 47.9 Å². The number of amides is 1. The van der Waals surface area contributed by atoms with Crippen molar-refractivity contribution in [3.05, 3.63) is 58.5 Å². The molecule has 0 atom stereocenters. The standard InChI is InChI=1S/C21H19NO5S2/c1-3-9-27-16-8-7-13(10-17(16)26-2)11-18-19(23)22(21(28)29-18)15-6-4-5-14(12-15)20(24)25/h4-8,10-12H,3,9H2,1-2H3,(H,24,25)/p-1. The molecule has 1 fully saturated rings. The summed E-state index contributed by atoms with van der Waals surface area (Å²) in [7, 11) is 1.56. The number of carbonyl (C=O) groups is 2. The van der Waals surface area contributed by atoms with E-state index in [2.05, 4.69) is 0 Å². The number of thiocarbonyl (C=S) groups is 1. The second-order valence-corrected chi connectivity index (χ2v) is 7.79. The minimum Gasteiger partial charge on any atom is -0.545 e. The first-order valence-corrected chi connectivity index (χ1v) is 10.1. The Morgan fingerprint density at radius 2 is 2.03 bits per heavy atom. The summed E-state index contributed by atoms with van der Waals surface area (Å²) in [5.74, 6) is -0.423. The molecule has 0 radical (unpaired) electrons. The van der Waals surface area contributed by atoms with Crippen LogP contribution in [0.2, 0.25) is 0 Å². The second-order valence-electron chi connectivity index (χ2n) is 6.11. The fourth-order valence-electron chi connectivity index (χ4n) is 2.72. The van der Waals surface area contributed by atoms with Gasteiger partial charge in [-0.2, -0.15) is 0 Å². The van der Waals surface area contributed by atoms with Crippen LogP contribution in [-0.4, -0.2) is 29.9 Å². The Morgan fingerprint density at radius 3 is 2.72 bits per heavy atom. The van der Waals surface area contributed by atoms with Crippen LogP contribution in [-0.2, 0) is 4.79 Å². The van der Waals surface area contributed by atoms with Crippen molar-refractivity contribution in [2.24, 2.45) is 0 Å². The molecular formula is C21H18NO5S2-. The van der Waals surface area contributed by atoms with Crippen LogP contribution in [0.25, 0.3) is 6.08 Å². The lowest BCUT2D eigenvalue weighted by Gasteiger charge is -2.15. The van der Waals surface area contributed by atoms with E-state index in [1.54, 1.807) is 37.5 Å². The van der Waals surface area contributed by atoms with E-state index in [4.69, 9.17) is 21.7 Å². The zero-order chi connectivity index (χ0) is 21.0. The number of ether oxygens (including phenoxy) is 2. The van der Waals surface area contributed by atoms with E-state index in [1.807, 2.05) is 13.0 Å². The van der Waals surface area contributed by atoms with Gasteiger partial charge in [0.1, 0.15) is 0 Å². The van der Waals surface area contributed by atoms with Gasteiger partial charge in [0.2, 0.25) is 0 Å². The van der Waals surface area contributed by atoms with Crippen molar-refractivity contribution in [1.29, 1.82) is 0 Å². The van der Waals surface area contributed by atoms with Crippen LogP contribution in [0.3, 0.4) is 0 Å². The molecule has 0 spiro atoms. The van der Waals surface area contributed by atoms with Crippen LogP contribution >= 0.6 is 24.0 Å². The minimum atomic E-state index is -1.31. The van der Waals surface area contributed by atoms with Crippen LogP contribution in [0, 0.1) is 0 Å². The smallest absolute Gasteiger partial charge is 0.270 e. The molecule has 1 aliphatic heterocycles. The molecule has 0 N–H and O–H groups in total. The van der Waals surface area contributed by atoms with E-state index in [-0.39, 0.29) is 11.5 Å². The monoisotopic (exact) mass is 428 g/mol. The third kappa shape index (κ3) is 4.60. The van der Waals surface area contributed by atoms with Gasteiger partial charge in [-0.15, -0.1) is 0 Å². The quantitative estimate of drug-likeness (QED) is 0.495. The highest BCUT2D eigenvalue weighted by molar-refractivity contribution is 8.27. The maximum atomic E-state index is 12.9. The van der Waals surface area contributed by atoms with Gasteiger partial charge in [0.25, 0.3) is 5.91 Å². The van der Waals surface area contributed by atoms with Crippen LogP contribution in [0.15, 0.2) is 47.4 Å². The number of carbonyl (C=O) groups excluding carboxylic acids is 2. The summed E-state index contributed by atoms with van der Waals surface area (Å²) in [6, 6.07) is 11.4. The van der Waals surface area contributed by atoms with Crippen LogP contribution < -0.4 is 19.5 Å². The fourth-order valence-corrected chi connectivity index (χ4v) is 4.02. The van der Waals surface area contributed by atoms with Crippen LogP contribution in [0.5, 0.6) is 11.5 Å². The van der Waals surface area contributed by atoms with Crippen molar-refractivity contribution in [3.63, 3.8) is 0 Å². The summed E-state index contributed by atoms with van der Waals surface area (Å²) < 4.78 is 11.3. The molecule has 150 valence electrons. The first kappa shape index (κ1) is 20.9. The predicted molar refractivity (Wildman–Crippen MR) is 115 cm³/mol. The molecule has 2 aromatic carbocycles. The van der Waals surface area contributed by atoms with Crippen molar-refractivity contribution >= 4 is 51.9 Å². The average molecular weight is 429 g/mol. The molecule has 1 aliphatic rings. The summed E-state index contributed by atoms with van der Waals surface area (Å²) in [5.41, 5.74) is 1.13. The van der Waals surface area contributed by atoms with E-state index in [0.29, 0.717) is 33.0 Å². The molecule has 0 aliphatic carbocycles. The summed E-state index contributed by atoms with van der Waals surface area (Å²) in [6.07, 6.45) is 2.60. The second kappa shape index (κ2) is 9.11. The molecule has 1 saturated heterocycles. The van der Waals surface area contributed by atoms with Crippen molar-refractivity contribution in [1.82, 2.24) is 0 Å². The highest BCUT2D eigenvalue weighted by Crippen LogP contribution is 2.37. The van der Waals surface area contributed by atoms with Gasteiger partial charge in [0, 0.05) is 0 Å². The number of benzene rings is 2. The maximum Gasteiger partial charge on any atom is 0.270 e. The first-order valence-electron chi connectivity index (χ1n) is 8.84. The van der Waals surface area contributed by atoms with Gasteiger partial charge in [0.05, 0.1) is 30.3 Å². The van der Waals surface area contributed by atoms with Gasteiger partial charge in [-0.25, -0.2) is 0 Å². The number of methoxy groups -OCH3 is 1. The minimum absolute atomic E-state index is 0.0204. The Balaban J connectivity index is 1.88. The molecule has 8 heteroatoms. The van der Waals surface area contributed by atoms with Crippen molar-refractivity contribution < 1.29 is 24.2 Å². The summed E-state index contributed by atoms with van der Waals surface area (Å²) in [5, 5.41) is 11.1. The largest absolute Gasteiger partial charge is 0.545 e. The molecule has 0 bridgehead atoms. The number of rotatable bonds is 7. The normalized spacial score (nSPS) is 15.1. The topological polar surface area (TPSA) is 78.9 Å². The van der Waals surface area contributed by atoms with E-state index in [1.165, 1.54) is 17.0 Å². The zero-order valence-corrected chi connectivity index (χ0v) is 17.5. The van der Waals surface area contributed by atoms with Gasteiger partial charge >= 0.3 is 0 Å². The van der Waals surface area contributed by atoms with E-state index in [0.717, 1.165) is 23.7 Å². The fraction of sp³-hybridized carbons (Fsp3) is 0.190. The Labute approximate surface area is 178 Å². The zero-order valence-electron chi connectivity index (χ0n) is 15.8. The summed E-state index contributed by atoms with van der Waals surface area (Å²) in [6.45, 7) is 2.60. The number of hydrogen-bond donors (Lipinski definition) is 0. The lowest BCUT2D eigenvalue weighted by atomic mass is 10.1. The molecule has 1 heterocycles. The predicted octanol–water partition coefficient (Wildman–Crippen LogP) is 3.25. The molecule has 0 saturated carbocycles. The first-order chi connectivity index (χ1) is 13.9. The summed E-state index contributed by atoms with van der Waals surface area (Å²) >= 11 is 6.49. The van der Waals surface area contributed by atoms with E-state index >= 15 is 0 Å². The molecule has 6 nitrogen and oxygen atoms in total. The lowest BCUT2D eigenvalue weighted by molar-refractivity contribution is -0.255. The highest BCUT2D eigenvalue weighted by Gasteiger charge is 2.33. The third-order valence-corrected chi connectivity index (χ3v) is 5.38. The molecule has 0 aromatic heterocycles. The molecule has 2 aromatic rings. The van der Waals surface area contributed by atoms with E-state index < -0.39 is 5.97 Å². The SMILES string of the molecule is CCCOc1ccc(C=C2SC(=S)N(c3cccc(C(=O)[O-])c3)C2=O)cc1OC. The highest BCUT2D eigenvalue weighted by atomic mass is 32.2. The number of anilines is 1. The number of nitrogens with zero attached hydrogens (tertiary/aromatic N) is 1. The molecule has 0 unspecified atom stereocenters. The Hall–Kier alpha value is -2.84. The maximum absolute atomic E-state index is 12.9. The molecule has 1 amide bonds. The van der Waals surface area contributed by atoms with Crippen LogP contribution in [0.1, 0.15) is 29.3 Å². The van der Waals surface area contributed by atoms with Crippen molar-refractivity contribution in [2.45, 2.75) is 13.3 Å². The third-order valence-electron chi connectivity index (χ3n) is 4.08. The van der Waals surface area contributed by atoms with Crippen LogP contribution in [0.4, 0.5) is 5.69 Å². The van der Waals surface area contributed by atoms with Crippen molar-refractivity contribution in [3.8, 4) is 11.5 Å². The molecular weight excluding hydrogens is 410 g/mol. The Morgan fingerprint density at radius 1 is 1.24 bits per heavy atom. The Kier molecular flexibility index (Phi) is 6.56. The average Bonchev–Trinajstić information content (AvgIpc) is 2.99. The van der Waals surface area contributed by atoms with Crippen molar-refractivity contribution in [2.75, 3.05) is 18.6 Å². The van der Waals surface area contributed by atoms with E-state index in [9.17, 15) is 14.7 Å². The molecule has 29 heavy (non-hydrogen) atoms. The Bertz CT molecular complexity index is 1000. The number of carboxylic acids is 1.